The van der Waals surface area contributed by atoms with Crippen LogP contribution in [0.25, 0.3) is 16.6 Å². The first-order valence-electron chi connectivity index (χ1n) is 20.7. The molecule has 1 unspecified atom stereocenters. The maximum atomic E-state index is 16.1. The molecule has 3 aromatic heterocycles. The van der Waals surface area contributed by atoms with Crippen LogP contribution in [0.2, 0.25) is 0 Å². The number of fused-ring (bicyclic) bond motifs is 5. The molecule has 2 N–H and O–H groups in total. The van der Waals surface area contributed by atoms with Crippen LogP contribution in [0.1, 0.15) is 81.2 Å². The smallest absolute Gasteiger partial charge is 0.265 e. The van der Waals surface area contributed by atoms with Gasteiger partial charge in [0.25, 0.3) is 24.1 Å². The summed E-state index contributed by atoms with van der Waals surface area (Å²) in [5.41, 5.74) is -0.181. The average Bonchev–Trinajstić information content (AvgIpc) is 4.09. The van der Waals surface area contributed by atoms with Gasteiger partial charge in [0.2, 0.25) is 11.8 Å². The van der Waals surface area contributed by atoms with Gasteiger partial charge in [0, 0.05) is 61.6 Å². The molecule has 0 aliphatic carbocycles. The third-order valence-electron chi connectivity index (χ3n) is 13.1. The van der Waals surface area contributed by atoms with Gasteiger partial charge in [-0.25, -0.2) is 22.7 Å². The summed E-state index contributed by atoms with van der Waals surface area (Å²) in [6, 6.07) is 8.49. The van der Waals surface area contributed by atoms with E-state index in [1.165, 1.54) is 28.9 Å². The van der Waals surface area contributed by atoms with Crippen LogP contribution < -0.4 is 20.4 Å². The quantitative estimate of drug-likeness (QED) is 0.207. The van der Waals surface area contributed by atoms with Gasteiger partial charge in [-0.05, 0) is 62.1 Å². The van der Waals surface area contributed by atoms with Crippen molar-refractivity contribution in [1.29, 1.82) is 0 Å². The number of halogens is 3. The van der Waals surface area contributed by atoms with Crippen molar-refractivity contribution in [3.05, 3.63) is 77.2 Å². The number of nitrogens with zero attached hydrogens (tertiary/aromatic N) is 9. The Kier molecular flexibility index (Phi) is 8.90. The summed E-state index contributed by atoms with van der Waals surface area (Å²) in [7, 11) is 0. The van der Waals surface area contributed by atoms with E-state index in [0.717, 1.165) is 11.3 Å². The molecule has 0 radical (unpaired) electrons. The first-order chi connectivity index (χ1) is 29.9. The van der Waals surface area contributed by atoms with Gasteiger partial charge in [0.05, 0.1) is 66.4 Å². The number of carbonyl (C=O) groups is 5. The van der Waals surface area contributed by atoms with Crippen LogP contribution in [0.15, 0.2) is 55.0 Å². The number of aromatic nitrogens is 5. The van der Waals surface area contributed by atoms with Crippen molar-refractivity contribution in [2.45, 2.75) is 68.4 Å². The van der Waals surface area contributed by atoms with Crippen molar-refractivity contribution < 1.29 is 41.9 Å². The lowest BCUT2D eigenvalue weighted by molar-refractivity contribution is -0.136. The predicted molar refractivity (Wildman–Crippen MR) is 215 cm³/mol. The summed E-state index contributed by atoms with van der Waals surface area (Å²) in [6.45, 7) is 2.87. The Morgan fingerprint density at radius 1 is 1.00 bits per heavy atom. The largest absolute Gasteiger partial charge is 0.374 e. The van der Waals surface area contributed by atoms with Crippen LogP contribution in [0.3, 0.4) is 0 Å². The van der Waals surface area contributed by atoms with E-state index in [9.17, 15) is 32.8 Å². The summed E-state index contributed by atoms with van der Waals surface area (Å²) in [5, 5.41) is 14.4. The fourth-order valence-electron chi connectivity index (χ4n) is 9.95. The first kappa shape index (κ1) is 38.5. The Hall–Kier alpha value is -6.41. The van der Waals surface area contributed by atoms with Crippen LogP contribution in [0, 0.1) is 0 Å². The number of ether oxygens (including phenoxy) is 1. The second kappa shape index (κ2) is 14.3. The normalized spacial score (nSPS) is 23.9. The van der Waals surface area contributed by atoms with E-state index in [-0.39, 0.29) is 78.6 Å². The highest BCUT2D eigenvalue weighted by molar-refractivity contribution is 6.23. The Morgan fingerprint density at radius 3 is 2.55 bits per heavy atom. The summed E-state index contributed by atoms with van der Waals surface area (Å²) in [6.07, 6.45) is 4.46. The van der Waals surface area contributed by atoms with E-state index >= 15 is 4.39 Å². The fraction of sp³-hybridized carbons (Fsp3) is 0.429. The van der Waals surface area contributed by atoms with Crippen molar-refractivity contribution in [1.82, 2.24) is 39.5 Å². The average molecular weight is 852 g/mol. The van der Waals surface area contributed by atoms with E-state index in [1.54, 1.807) is 34.1 Å². The fourth-order valence-corrected chi connectivity index (χ4v) is 9.95. The highest BCUT2D eigenvalue weighted by atomic mass is 19.3. The number of hydrogen-bond donors (Lipinski definition) is 2. The summed E-state index contributed by atoms with van der Waals surface area (Å²) in [5.74, 6) is -2.26. The van der Waals surface area contributed by atoms with Crippen LogP contribution in [-0.2, 0) is 14.3 Å². The molecule has 2 aromatic carbocycles. The minimum atomic E-state index is -2.88. The zero-order valence-corrected chi connectivity index (χ0v) is 33.2. The third-order valence-corrected chi connectivity index (χ3v) is 13.1. The molecule has 2 bridgehead atoms. The van der Waals surface area contributed by atoms with Gasteiger partial charge in [-0.1, -0.05) is 0 Å². The van der Waals surface area contributed by atoms with Crippen molar-refractivity contribution in [2.24, 2.45) is 0 Å². The number of nitrogens with one attached hydrogen (secondary N) is 2. The zero-order chi connectivity index (χ0) is 42.6. The standard InChI is InChI=1S/C42H40F3N11O6/c43-36(44)29-14-31-22(11-32(29)47-38(58)30-15-46-54-10-7-34(48-37(30)54)53-17-26-12-25(53)18-62-26)16-55(50-31)23-5-8-51(9-6-23)19-42(45)20-52(21-42)24-1-2-27-28(13-24)41(61)56(40(27)60)33-3-4-35(57)49-39(33)59/h1-2,7,10-11,13-16,23,25-26,33,36H,3-6,8-9,12,17-21H2,(H,47,58)(H,49,57,59)/t25-,26-,33?/m1/s1. The van der Waals surface area contributed by atoms with Crippen LogP contribution in [0.4, 0.5) is 30.4 Å². The molecule has 320 valence electrons. The number of piperidine rings is 2. The molecule has 5 saturated heterocycles. The van der Waals surface area contributed by atoms with E-state index in [4.69, 9.17) is 9.72 Å². The lowest BCUT2D eigenvalue weighted by Gasteiger charge is -2.48. The number of anilines is 3. The minimum Gasteiger partial charge on any atom is -0.374 e. The predicted octanol–water partition coefficient (Wildman–Crippen LogP) is 3.51. The number of amides is 5. The molecule has 17 nitrogen and oxygen atoms in total. The number of likely N-dealkylation sites (tertiary alicyclic amines) is 1. The molecule has 20 heteroatoms. The minimum absolute atomic E-state index is 0.0238. The molecule has 6 aliphatic heterocycles. The summed E-state index contributed by atoms with van der Waals surface area (Å²) >= 11 is 0. The van der Waals surface area contributed by atoms with Gasteiger partial charge in [0.1, 0.15) is 17.4 Å². The molecule has 3 atom stereocenters. The second-order valence-corrected chi connectivity index (χ2v) is 17.2. The number of hydrogen-bond acceptors (Lipinski definition) is 12. The third kappa shape index (κ3) is 6.45. The molecule has 6 aliphatic rings. The number of rotatable bonds is 9. The Bertz CT molecular complexity index is 2730. The number of imide groups is 2. The molecular formula is C42H40F3N11O6. The molecule has 0 spiro atoms. The molecule has 9 heterocycles. The number of morpholine rings is 1. The molecule has 0 saturated carbocycles. The molecular weight excluding hydrogens is 812 g/mol. The highest BCUT2D eigenvalue weighted by Gasteiger charge is 2.48. The van der Waals surface area contributed by atoms with Crippen molar-refractivity contribution >= 4 is 63.3 Å². The number of benzene rings is 2. The van der Waals surface area contributed by atoms with Crippen molar-refractivity contribution in [3.8, 4) is 0 Å². The Morgan fingerprint density at radius 2 is 1.81 bits per heavy atom. The maximum Gasteiger partial charge on any atom is 0.265 e. The lowest BCUT2D eigenvalue weighted by Crippen LogP contribution is -2.64. The number of carbonyl (C=O) groups excluding carboxylic acids is 5. The van der Waals surface area contributed by atoms with Gasteiger partial charge in [-0.15, -0.1) is 0 Å². The van der Waals surface area contributed by atoms with Crippen LogP contribution in [-0.4, -0.2) is 133 Å². The topological polar surface area (TPSA) is 180 Å². The summed E-state index contributed by atoms with van der Waals surface area (Å²) < 4.78 is 54.0. The van der Waals surface area contributed by atoms with E-state index < -0.39 is 47.7 Å². The highest BCUT2D eigenvalue weighted by Crippen LogP contribution is 2.38. The van der Waals surface area contributed by atoms with Gasteiger partial charge in [0.15, 0.2) is 11.3 Å². The second-order valence-electron chi connectivity index (χ2n) is 17.2. The Labute approximate surface area is 350 Å². The molecule has 62 heavy (non-hydrogen) atoms. The first-order valence-corrected chi connectivity index (χ1v) is 20.7. The van der Waals surface area contributed by atoms with Crippen molar-refractivity contribution in [3.63, 3.8) is 0 Å². The molecule has 11 rings (SSSR count). The van der Waals surface area contributed by atoms with Crippen molar-refractivity contribution in [2.75, 3.05) is 61.0 Å². The molecule has 5 fully saturated rings. The van der Waals surface area contributed by atoms with E-state index in [2.05, 4.69) is 30.6 Å². The SMILES string of the molecule is O=C1CCC(N2C(=O)c3ccc(N4CC(F)(CN5CCC(n6cc7cc(NC(=O)c8cnn9ccc(N%10C[C@H]%11C[C@@H]%10CO%11)nc89)c(C(F)F)cc7n6)CC5)C4)cc3C2=O)C(=O)N1. The molecule has 5 amide bonds. The van der Waals surface area contributed by atoms with Gasteiger partial charge in [-0.2, -0.15) is 10.2 Å². The number of alkyl halides is 3. The molecule has 5 aromatic rings. The lowest BCUT2D eigenvalue weighted by atomic mass is 9.92. The van der Waals surface area contributed by atoms with E-state index in [0.29, 0.717) is 67.1 Å². The van der Waals surface area contributed by atoms with Crippen LogP contribution >= 0.6 is 0 Å². The van der Waals surface area contributed by atoms with Gasteiger partial charge >= 0.3 is 0 Å². The van der Waals surface area contributed by atoms with Crippen LogP contribution in [0.5, 0.6) is 0 Å². The van der Waals surface area contributed by atoms with E-state index in [1.807, 2.05) is 6.07 Å². The van der Waals surface area contributed by atoms with Gasteiger partial charge < -0.3 is 19.9 Å². The van der Waals surface area contributed by atoms with Gasteiger partial charge in [-0.3, -0.25) is 43.8 Å². The summed E-state index contributed by atoms with van der Waals surface area (Å²) in [4.78, 5) is 75.7. The zero-order valence-electron chi connectivity index (χ0n) is 33.2. The maximum absolute atomic E-state index is 16.1. The monoisotopic (exact) mass is 851 g/mol. The Balaban J connectivity index is 0.721.